The van der Waals surface area contributed by atoms with Gasteiger partial charge in [0.1, 0.15) is 6.67 Å². The lowest BCUT2D eigenvalue weighted by atomic mass is 9.95. The van der Waals surface area contributed by atoms with Gasteiger partial charge in [-0.1, -0.05) is 15.9 Å². The second-order valence-corrected chi connectivity index (χ2v) is 5.35. The van der Waals surface area contributed by atoms with Gasteiger partial charge in [0.25, 0.3) is 5.91 Å². The highest BCUT2D eigenvalue weighted by Crippen LogP contribution is 2.15. The molecule has 0 aromatic heterocycles. The molecule has 4 nitrogen and oxygen atoms in total. The normalized spacial score (nSPS) is 10.9. The van der Waals surface area contributed by atoms with Gasteiger partial charge in [-0.3, -0.25) is 20.4 Å². The predicted octanol–water partition coefficient (Wildman–Crippen LogP) is 2.21. The Morgan fingerprint density at radius 3 is 2.28 bits per heavy atom. The smallest absolute Gasteiger partial charge is 0.269 e. The maximum Gasteiger partial charge on any atom is 0.269 e. The SMILES string of the molecule is CC(C)(CF)C(=O)NNC(=O)c1ccc(Br)cc1. The monoisotopic (exact) mass is 316 g/mol. The molecule has 0 saturated carbocycles. The maximum absolute atomic E-state index is 12.5. The van der Waals surface area contributed by atoms with Crippen LogP contribution in [0.2, 0.25) is 0 Å². The number of amides is 2. The van der Waals surface area contributed by atoms with Crippen LogP contribution in [0.3, 0.4) is 0 Å². The molecule has 0 bridgehead atoms. The van der Waals surface area contributed by atoms with E-state index in [1.807, 2.05) is 0 Å². The molecule has 0 unspecified atom stereocenters. The Kier molecular flexibility index (Phi) is 4.84. The lowest BCUT2D eigenvalue weighted by molar-refractivity contribution is -0.130. The number of alkyl halides is 1. The Morgan fingerprint density at radius 2 is 1.78 bits per heavy atom. The van der Waals surface area contributed by atoms with Crippen LogP contribution in [0.15, 0.2) is 28.7 Å². The van der Waals surface area contributed by atoms with E-state index in [9.17, 15) is 14.0 Å². The number of carbonyl (C=O) groups is 2. The Balaban J connectivity index is 2.57. The molecule has 2 amide bonds. The van der Waals surface area contributed by atoms with Crippen molar-refractivity contribution in [2.45, 2.75) is 13.8 Å². The van der Waals surface area contributed by atoms with E-state index in [0.717, 1.165) is 4.47 Å². The average molecular weight is 317 g/mol. The number of hydrogen-bond donors (Lipinski definition) is 2. The lowest BCUT2D eigenvalue weighted by Gasteiger charge is -2.19. The number of hydrogen-bond acceptors (Lipinski definition) is 2. The summed E-state index contributed by atoms with van der Waals surface area (Å²) < 4.78 is 13.4. The zero-order chi connectivity index (χ0) is 13.8. The Hall–Kier alpha value is -1.43. The van der Waals surface area contributed by atoms with Gasteiger partial charge in [0, 0.05) is 10.0 Å². The van der Waals surface area contributed by atoms with Crippen molar-refractivity contribution in [1.29, 1.82) is 0 Å². The third-order valence-electron chi connectivity index (χ3n) is 2.34. The molecule has 0 spiro atoms. The average Bonchev–Trinajstić information content (AvgIpc) is 2.36. The summed E-state index contributed by atoms with van der Waals surface area (Å²) >= 11 is 3.25. The third-order valence-corrected chi connectivity index (χ3v) is 2.87. The first-order chi connectivity index (χ1) is 8.36. The van der Waals surface area contributed by atoms with Crippen LogP contribution < -0.4 is 10.9 Å². The summed E-state index contributed by atoms with van der Waals surface area (Å²) in [4.78, 5) is 23.2. The van der Waals surface area contributed by atoms with Crippen molar-refractivity contribution in [2.75, 3.05) is 6.67 Å². The molecule has 0 aliphatic carbocycles. The fourth-order valence-electron chi connectivity index (χ4n) is 1.02. The van der Waals surface area contributed by atoms with Crippen LogP contribution in [0, 0.1) is 5.41 Å². The van der Waals surface area contributed by atoms with Gasteiger partial charge in [0.2, 0.25) is 5.91 Å². The van der Waals surface area contributed by atoms with Crippen LogP contribution in [-0.4, -0.2) is 18.5 Å². The van der Waals surface area contributed by atoms with Gasteiger partial charge in [-0.05, 0) is 38.1 Å². The van der Waals surface area contributed by atoms with Crippen LogP contribution in [0.4, 0.5) is 4.39 Å². The van der Waals surface area contributed by atoms with E-state index < -0.39 is 23.9 Å². The highest BCUT2D eigenvalue weighted by atomic mass is 79.9. The molecule has 2 N–H and O–H groups in total. The van der Waals surface area contributed by atoms with E-state index >= 15 is 0 Å². The summed E-state index contributed by atoms with van der Waals surface area (Å²) in [5.74, 6) is -1.03. The first-order valence-electron chi connectivity index (χ1n) is 5.29. The molecule has 1 rings (SSSR count). The van der Waals surface area contributed by atoms with Crippen molar-refractivity contribution in [3.05, 3.63) is 34.3 Å². The van der Waals surface area contributed by atoms with E-state index in [1.54, 1.807) is 24.3 Å². The molecule has 1 aromatic rings. The van der Waals surface area contributed by atoms with Crippen molar-refractivity contribution < 1.29 is 14.0 Å². The molecule has 0 heterocycles. The lowest BCUT2D eigenvalue weighted by Crippen LogP contribution is -2.48. The summed E-state index contributed by atoms with van der Waals surface area (Å²) in [6, 6.07) is 6.63. The van der Waals surface area contributed by atoms with Crippen molar-refractivity contribution in [2.24, 2.45) is 5.41 Å². The number of nitrogens with one attached hydrogen (secondary N) is 2. The van der Waals surface area contributed by atoms with Crippen molar-refractivity contribution in [3.63, 3.8) is 0 Å². The fourth-order valence-corrected chi connectivity index (χ4v) is 1.28. The second kappa shape index (κ2) is 5.95. The van der Waals surface area contributed by atoms with Crippen LogP contribution in [0.1, 0.15) is 24.2 Å². The Morgan fingerprint density at radius 1 is 1.22 bits per heavy atom. The Bertz CT molecular complexity index is 446. The molecule has 0 atom stereocenters. The van der Waals surface area contributed by atoms with Gasteiger partial charge in [-0.2, -0.15) is 0 Å². The number of rotatable bonds is 3. The summed E-state index contributed by atoms with van der Waals surface area (Å²) in [7, 11) is 0. The molecule has 0 fully saturated rings. The van der Waals surface area contributed by atoms with Gasteiger partial charge in [0.05, 0.1) is 5.41 Å². The molecule has 0 radical (unpaired) electrons. The van der Waals surface area contributed by atoms with E-state index in [1.165, 1.54) is 13.8 Å². The first-order valence-corrected chi connectivity index (χ1v) is 6.08. The Labute approximate surface area is 113 Å². The highest BCUT2D eigenvalue weighted by Gasteiger charge is 2.27. The van der Waals surface area contributed by atoms with Crippen molar-refractivity contribution in [1.82, 2.24) is 10.9 Å². The number of benzene rings is 1. The standard InChI is InChI=1S/C12H14BrFN2O2/c1-12(2,7-14)11(18)16-15-10(17)8-3-5-9(13)6-4-8/h3-6H,7H2,1-2H3,(H,15,17)(H,16,18). The topological polar surface area (TPSA) is 58.2 Å². The first kappa shape index (κ1) is 14.6. The fraction of sp³-hybridized carbons (Fsp3) is 0.333. The summed E-state index contributed by atoms with van der Waals surface area (Å²) in [5, 5.41) is 0. The van der Waals surface area contributed by atoms with Gasteiger partial charge in [-0.15, -0.1) is 0 Å². The van der Waals surface area contributed by atoms with E-state index in [0.29, 0.717) is 5.56 Å². The summed E-state index contributed by atoms with van der Waals surface area (Å²) in [6.07, 6.45) is 0. The molecule has 98 valence electrons. The van der Waals surface area contributed by atoms with Gasteiger partial charge < -0.3 is 0 Å². The number of hydrazine groups is 1. The third kappa shape index (κ3) is 3.80. The molecular weight excluding hydrogens is 303 g/mol. The van der Waals surface area contributed by atoms with Crippen LogP contribution in [0.25, 0.3) is 0 Å². The molecule has 18 heavy (non-hydrogen) atoms. The molecule has 0 aliphatic rings. The molecule has 0 aliphatic heterocycles. The summed E-state index contributed by atoms with van der Waals surface area (Å²) in [6.45, 7) is 2.11. The van der Waals surface area contributed by atoms with Crippen molar-refractivity contribution >= 4 is 27.7 Å². The minimum absolute atomic E-state index is 0.400. The zero-order valence-corrected chi connectivity index (χ0v) is 11.7. The minimum Gasteiger partial charge on any atom is -0.273 e. The molecule has 1 aromatic carbocycles. The minimum atomic E-state index is -1.16. The summed E-state index contributed by atoms with van der Waals surface area (Å²) in [5.41, 5.74) is 3.67. The maximum atomic E-state index is 12.5. The van der Waals surface area contributed by atoms with Gasteiger partial charge in [0.15, 0.2) is 0 Å². The largest absolute Gasteiger partial charge is 0.273 e. The second-order valence-electron chi connectivity index (χ2n) is 4.43. The predicted molar refractivity (Wildman–Crippen MR) is 69.5 cm³/mol. The zero-order valence-electron chi connectivity index (χ0n) is 10.1. The number of halogens is 2. The van der Waals surface area contributed by atoms with E-state index in [2.05, 4.69) is 26.8 Å². The van der Waals surface area contributed by atoms with Gasteiger partial charge >= 0.3 is 0 Å². The quantitative estimate of drug-likeness (QED) is 0.840. The van der Waals surface area contributed by atoms with Crippen LogP contribution >= 0.6 is 15.9 Å². The molecule has 0 saturated heterocycles. The highest BCUT2D eigenvalue weighted by molar-refractivity contribution is 9.10. The number of carbonyl (C=O) groups excluding carboxylic acids is 2. The van der Waals surface area contributed by atoms with E-state index in [4.69, 9.17) is 0 Å². The van der Waals surface area contributed by atoms with Crippen molar-refractivity contribution in [3.8, 4) is 0 Å². The molecule has 6 heteroatoms. The molecular formula is C12H14BrFN2O2. The van der Waals surface area contributed by atoms with Crippen LogP contribution in [-0.2, 0) is 4.79 Å². The van der Waals surface area contributed by atoms with E-state index in [-0.39, 0.29) is 0 Å². The van der Waals surface area contributed by atoms with Crippen LogP contribution in [0.5, 0.6) is 0 Å². The van der Waals surface area contributed by atoms with Gasteiger partial charge in [-0.25, -0.2) is 4.39 Å².